The summed E-state index contributed by atoms with van der Waals surface area (Å²) in [5.74, 6) is -0.148. The van der Waals surface area contributed by atoms with Crippen molar-refractivity contribution in [2.24, 2.45) is 7.05 Å². The van der Waals surface area contributed by atoms with Gasteiger partial charge in [-0.1, -0.05) is 0 Å². The molecule has 1 aliphatic heterocycles. The summed E-state index contributed by atoms with van der Waals surface area (Å²) >= 11 is 0. The van der Waals surface area contributed by atoms with E-state index in [0.717, 1.165) is 5.69 Å². The average Bonchev–Trinajstić information content (AvgIpc) is 2.89. The summed E-state index contributed by atoms with van der Waals surface area (Å²) in [5.41, 5.74) is 0.771. The Bertz CT molecular complexity index is 508. The van der Waals surface area contributed by atoms with E-state index < -0.39 is 0 Å². The number of hydrogen-bond acceptors (Lipinski definition) is 5. The van der Waals surface area contributed by atoms with Crippen LogP contribution in [0, 0.1) is 0 Å². The summed E-state index contributed by atoms with van der Waals surface area (Å²) in [5, 5.41) is 7.05. The minimum absolute atomic E-state index is 0. The molecule has 0 aromatic carbocycles. The second-order valence-electron chi connectivity index (χ2n) is 4.90. The van der Waals surface area contributed by atoms with E-state index in [-0.39, 0.29) is 37.3 Å². The number of ether oxygens (including phenoxy) is 1. The van der Waals surface area contributed by atoms with Crippen molar-refractivity contribution < 1.29 is 14.3 Å². The van der Waals surface area contributed by atoms with Crippen LogP contribution in [-0.2, 0) is 21.4 Å². The van der Waals surface area contributed by atoms with Crippen molar-refractivity contribution in [2.45, 2.75) is 0 Å². The highest BCUT2D eigenvalue weighted by Gasteiger charge is 2.28. The van der Waals surface area contributed by atoms with Crippen molar-refractivity contribution >= 4 is 29.9 Å². The van der Waals surface area contributed by atoms with Crippen molar-refractivity contribution in [3.63, 3.8) is 0 Å². The van der Waals surface area contributed by atoms with E-state index in [1.165, 1.54) is 0 Å². The molecule has 124 valence electrons. The highest BCUT2D eigenvalue weighted by molar-refractivity contribution is 5.97. The predicted molar refractivity (Wildman–Crippen MR) is 84.1 cm³/mol. The molecule has 1 fully saturated rings. The lowest BCUT2D eigenvalue weighted by Crippen LogP contribution is -2.54. The number of nitrogens with zero attached hydrogens (tertiary/aromatic N) is 4. The Morgan fingerprint density at radius 1 is 1.45 bits per heavy atom. The van der Waals surface area contributed by atoms with Gasteiger partial charge in [-0.2, -0.15) is 5.10 Å². The van der Waals surface area contributed by atoms with Crippen LogP contribution in [0.3, 0.4) is 0 Å². The third kappa shape index (κ3) is 4.69. The number of carbonyl (C=O) groups excluding carboxylic acids is 2. The standard InChI is InChI=1S/C13H21N5O3.ClH/c1-16-9-11(7-15-16)18-5-4-17(10-13(18)20)12(19)8-14-3-6-21-2;/h7,9,14H,3-6,8,10H2,1-2H3;1H. The first-order chi connectivity index (χ1) is 10.1. The lowest BCUT2D eigenvalue weighted by atomic mass is 10.2. The number of aryl methyl sites for hydroxylation is 1. The molecule has 22 heavy (non-hydrogen) atoms. The largest absolute Gasteiger partial charge is 0.383 e. The van der Waals surface area contributed by atoms with E-state index in [1.807, 2.05) is 0 Å². The number of aromatic nitrogens is 2. The topological polar surface area (TPSA) is 79.7 Å². The van der Waals surface area contributed by atoms with E-state index in [1.54, 1.807) is 41.0 Å². The van der Waals surface area contributed by atoms with Gasteiger partial charge >= 0.3 is 0 Å². The molecular weight excluding hydrogens is 310 g/mol. The number of halogens is 1. The van der Waals surface area contributed by atoms with E-state index in [9.17, 15) is 9.59 Å². The Morgan fingerprint density at radius 3 is 2.82 bits per heavy atom. The second-order valence-corrected chi connectivity index (χ2v) is 4.90. The zero-order valence-electron chi connectivity index (χ0n) is 12.8. The van der Waals surface area contributed by atoms with E-state index in [4.69, 9.17) is 4.74 Å². The first-order valence-electron chi connectivity index (χ1n) is 6.88. The molecule has 1 aromatic rings. The molecule has 0 radical (unpaired) electrons. The SMILES string of the molecule is COCCNCC(=O)N1CCN(c2cnn(C)c2)C(=O)C1.Cl. The van der Waals surface area contributed by atoms with Gasteiger partial charge in [0.1, 0.15) is 6.54 Å². The molecule has 1 saturated heterocycles. The van der Waals surface area contributed by atoms with Gasteiger partial charge in [-0.3, -0.25) is 14.3 Å². The highest BCUT2D eigenvalue weighted by Crippen LogP contribution is 2.15. The second kappa shape index (κ2) is 8.72. The van der Waals surface area contributed by atoms with Crippen LogP contribution in [0.1, 0.15) is 0 Å². The van der Waals surface area contributed by atoms with Gasteiger partial charge in [-0.15, -0.1) is 12.4 Å². The van der Waals surface area contributed by atoms with Crippen LogP contribution in [0.25, 0.3) is 0 Å². The summed E-state index contributed by atoms with van der Waals surface area (Å²) in [7, 11) is 3.42. The van der Waals surface area contributed by atoms with Crippen molar-refractivity contribution in [3.8, 4) is 0 Å². The van der Waals surface area contributed by atoms with Gasteiger partial charge in [0.25, 0.3) is 0 Å². The first kappa shape index (κ1) is 18.4. The van der Waals surface area contributed by atoms with E-state index >= 15 is 0 Å². The van der Waals surface area contributed by atoms with Crippen LogP contribution in [-0.4, -0.2) is 72.9 Å². The molecule has 1 N–H and O–H groups in total. The molecule has 2 rings (SSSR count). The summed E-state index contributed by atoms with van der Waals surface area (Å²) in [6, 6.07) is 0. The third-order valence-corrected chi connectivity index (χ3v) is 3.34. The lowest BCUT2D eigenvalue weighted by molar-refractivity contribution is -0.136. The molecule has 2 heterocycles. The fraction of sp³-hybridized carbons (Fsp3) is 0.615. The number of hydrogen-bond donors (Lipinski definition) is 1. The molecule has 0 spiro atoms. The zero-order chi connectivity index (χ0) is 15.2. The molecule has 0 unspecified atom stereocenters. The Morgan fingerprint density at radius 2 is 2.23 bits per heavy atom. The zero-order valence-corrected chi connectivity index (χ0v) is 13.6. The van der Waals surface area contributed by atoms with Crippen molar-refractivity contribution in [1.29, 1.82) is 0 Å². The maximum Gasteiger partial charge on any atom is 0.246 e. The molecule has 2 amide bonds. The van der Waals surface area contributed by atoms with E-state index in [0.29, 0.717) is 26.2 Å². The summed E-state index contributed by atoms with van der Waals surface area (Å²) in [6.45, 7) is 2.54. The number of piperazine rings is 1. The summed E-state index contributed by atoms with van der Waals surface area (Å²) in [4.78, 5) is 27.4. The minimum atomic E-state index is -0.0838. The molecule has 1 aromatic heterocycles. The maximum atomic E-state index is 12.1. The van der Waals surface area contributed by atoms with Gasteiger partial charge in [0.15, 0.2) is 0 Å². The van der Waals surface area contributed by atoms with Crippen LogP contribution in [0.4, 0.5) is 5.69 Å². The molecule has 8 nitrogen and oxygen atoms in total. The van der Waals surface area contributed by atoms with E-state index in [2.05, 4.69) is 10.4 Å². The minimum Gasteiger partial charge on any atom is -0.383 e. The number of methoxy groups -OCH3 is 1. The fourth-order valence-corrected chi connectivity index (χ4v) is 2.19. The number of nitrogens with one attached hydrogen (secondary N) is 1. The number of amides is 2. The molecule has 0 aliphatic carbocycles. The Balaban J connectivity index is 0.00000242. The van der Waals surface area contributed by atoms with Gasteiger partial charge in [-0.05, 0) is 0 Å². The average molecular weight is 332 g/mol. The van der Waals surface area contributed by atoms with Crippen LogP contribution in [0.5, 0.6) is 0 Å². The predicted octanol–water partition coefficient (Wildman–Crippen LogP) is -0.747. The van der Waals surface area contributed by atoms with Gasteiger partial charge in [0.2, 0.25) is 11.8 Å². The molecular formula is C13H22ClN5O3. The van der Waals surface area contributed by atoms with Crippen LogP contribution in [0.2, 0.25) is 0 Å². The van der Waals surface area contributed by atoms with Gasteiger partial charge in [0, 0.05) is 40.0 Å². The first-order valence-corrected chi connectivity index (χ1v) is 6.88. The Kier molecular flexibility index (Phi) is 7.30. The summed E-state index contributed by atoms with van der Waals surface area (Å²) in [6.07, 6.45) is 3.45. The molecule has 0 bridgehead atoms. The number of carbonyl (C=O) groups is 2. The fourth-order valence-electron chi connectivity index (χ4n) is 2.19. The number of anilines is 1. The van der Waals surface area contributed by atoms with Crippen molar-refractivity contribution in [1.82, 2.24) is 20.0 Å². The third-order valence-electron chi connectivity index (χ3n) is 3.34. The van der Waals surface area contributed by atoms with Crippen LogP contribution in [0.15, 0.2) is 12.4 Å². The van der Waals surface area contributed by atoms with Crippen molar-refractivity contribution in [2.75, 3.05) is 51.3 Å². The smallest absolute Gasteiger partial charge is 0.246 e. The monoisotopic (exact) mass is 331 g/mol. The Labute approximate surface area is 135 Å². The van der Waals surface area contributed by atoms with Gasteiger partial charge in [-0.25, -0.2) is 0 Å². The number of rotatable bonds is 6. The van der Waals surface area contributed by atoms with Gasteiger partial charge in [0.05, 0.1) is 25.0 Å². The van der Waals surface area contributed by atoms with Crippen molar-refractivity contribution in [3.05, 3.63) is 12.4 Å². The lowest BCUT2D eigenvalue weighted by Gasteiger charge is -2.33. The van der Waals surface area contributed by atoms with Gasteiger partial charge < -0.3 is 19.9 Å². The normalized spacial score (nSPS) is 14.9. The summed E-state index contributed by atoms with van der Waals surface area (Å²) < 4.78 is 6.55. The molecule has 9 heteroatoms. The highest BCUT2D eigenvalue weighted by atomic mass is 35.5. The Hall–Kier alpha value is -1.64. The molecule has 0 atom stereocenters. The maximum absolute atomic E-state index is 12.1. The quantitative estimate of drug-likeness (QED) is 0.694. The molecule has 0 saturated carbocycles. The van der Waals surface area contributed by atoms with Crippen LogP contribution >= 0.6 is 12.4 Å². The molecule has 1 aliphatic rings. The van der Waals surface area contributed by atoms with Crippen LogP contribution < -0.4 is 10.2 Å².